The molecule has 10 heteroatoms. The van der Waals surface area contributed by atoms with Crippen molar-refractivity contribution in [2.75, 3.05) is 25.6 Å². The van der Waals surface area contributed by atoms with Crippen LogP contribution in [0.15, 0.2) is 96.2 Å². The van der Waals surface area contributed by atoms with E-state index in [-0.39, 0.29) is 22.4 Å². The molecular formula is C32H24F2N4O4. The van der Waals surface area contributed by atoms with Gasteiger partial charge in [-0.2, -0.15) is 0 Å². The minimum absolute atomic E-state index is 0.00999. The number of nitrogens with one attached hydrogen (secondary N) is 2. The minimum atomic E-state index is -0.620. The first-order valence-electron chi connectivity index (χ1n) is 13.0. The van der Waals surface area contributed by atoms with Gasteiger partial charge in [0.25, 0.3) is 0 Å². The third-order valence-corrected chi connectivity index (χ3v) is 6.59. The summed E-state index contributed by atoms with van der Waals surface area (Å²) in [4.78, 5) is 25.2. The number of pyridine rings is 3. The fourth-order valence-electron chi connectivity index (χ4n) is 4.54. The molecule has 210 valence electrons. The summed E-state index contributed by atoms with van der Waals surface area (Å²) in [5.74, 6) is 0.301. The number of methoxy groups -OCH3 is 1. The smallest absolute Gasteiger partial charge is 0.200 e. The van der Waals surface area contributed by atoms with Gasteiger partial charge in [0, 0.05) is 54.5 Å². The van der Waals surface area contributed by atoms with Crippen molar-refractivity contribution in [1.29, 1.82) is 0 Å². The van der Waals surface area contributed by atoms with Gasteiger partial charge in [-0.3, -0.25) is 9.78 Å². The van der Waals surface area contributed by atoms with Gasteiger partial charge in [0.2, 0.25) is 5.43 Å². The number of hydrogen-bond acceptors (Lipinski definition) is 7. The van der Waals surface area contributed by atoms with Gasteiger partial charge in [0.15, 0.2) is 11.6 Å². The van der Waals surface area contributed by atoms with E-state index in [1.54, 1.807) is 55.9 Å². The van der Waals surface area contributed by atoms with Gasteiger partial charge in [-0.1, -0.05) is 12.1 Å². The Kier molecular flexibility index (Phi) is 7.44. The highest BCUT2D eigenvalue weighted by atomic mass is 19.1. The molecule has 8 nitrogen and oxygen atoms in total. The van der Waals surface area contributed by atoms with E-state index in [1.165, 1.54) is 42.6 Å². The van der Waals surface area contributed by atoms with Crippen molar-refractivity contribution in [2.24, 2.45) is 0 Å². The number of fused-ring (bicyclic) bond motifs is 2. The lowest BCUT2D eigenvalue weighted by molar-refractivity contribution is 0.146. The van der Waals surface area contributed by atoms with Crippen LogP contribution in [0.2, 0.25) is 0 Å². The molecule has 0 fully saturated rings. The molecule has 42 heavy (non-hydrogen) atoms. The van der Waals surface area contributed by atoms with Gasteiger partial charge < -0.3 is 24.5 Å². The summed E-state index contributed by atoms with van der Waals surface area (Å²) in [6, 6.07) is 18.7. The van der Waals surface area contributed by atoms with E-state index < -0.39 is 11.6 Å². The Morgan fingerprint density at radius 1 is 0.881 bits per heavy atom. The fourth-order valence-corrected chi connectivity index (χ4v) is 4.54. The molecule has 0 atom stereocenters. The molecule has 0 aliphatic carbocycles. The van der Waals surface area contributed by atoms with Gasteiger partial charge in [0.1, 0.15) is 29.7 Å². The Morgan fingerprint density at radius 2 is 1.71 bits per heavy atom. The van der Waals surface area contributed by atoms with E-state index in [9.17, 15) is 9.18 Å². The number of anilines is 2. The van der Waals surface area contributed by atoms with E-state index in [2.05, 4.69) is 20.3 Å². The Morgan fingerprint density at radius 3 is 2.52 bits per heavy atom. The molecule has 0 spiro atoms. The lowest BCUT2D eigenvalue weighted by Crippen LogP contribution is -2.10. The van der Waals surface area contributed by atoms with Crippen LogP contribution in [0.25, 0.3) is 32.9 Å². The van der Waals surface area contributed by atoms with Crippen molar-refractivity contribution in [2.45, 2.75) is 0 Å². The van der Waals surface area contributed by atoms with E-state index >= 15 is 4.39 Å². The molecule has 3 aromatic heterocycles. The van der Waals surface area contributed by atoms with Crippen molar-refractivity contribution in [3.8, 4) is 28.4 Å². The first-order chi connectivity index (χ1) is 20.5. The predicted molar refractivity (Wildman–Crippen MR) is 157 cm³/mol. The number of nitrogens with zero attached hydrogens (tertiary/aromatic N) is 2. The van der Waals surface area contributed by atoms with Crippen LogP contribution in [0.5, 0.6) is 17.2 Å². The summed E-state index contributed by atoms with van der Waals surface area (Å²) >= 11 is 0. The number of rotatable bonds is 9. The second-order valence-corrected chi connectivity index (χ2v) is 9.32. The average molecular weight is 567 g/mol. The maximum atomic E-state index is 15.3. The molecule has 0 saturated carbocycles. The molecule has 3 heterocycles. The third-order valence-electron chi connectivity index (χ3n) is 6.59. The second kappa shape index (κ2) is 11.6. The van der Waals surface area contributed by atoms with Crippen LogP contribution in [0.4, 0.5) is 20.3 Å². The van der Waals surface area contributed by atoms with Crippen molar-refractivity contribution >= 4 is 33.3 Å². The molecule has 0 bridgehead atoms. The molecule has 0 radical (unpaired) electrons. The van der Waals surface area contributed by atoms with Crippen molar-refractivity contribution < 1.29 is 23.0 Å². The Hall–Kier alpha value is -5.35. The second-order valence-electron chi connectivity index (χ2n) is 9.32. The van der Waals surface area contributed by atoms with Gasteiger partial charge in [-0.05, 0) is 54.1 Å². The van der Waals surface area contributed by atoms with E-state index in [0.29, 0.717) is 57.9 Å². The molecule has 0 aliphatic rings. The number of H-pyrrole nitrogens is 1. The quantitative estimate of drug-likeness (QED) is 0.182. The molecular weight excluding hydrogens is 542 g/mol. The summed E-state index contributed by atoms with van der Waals surface area (Å²) < 4.78 is 45.3. The Balaban J connectivity index is 1.26. The third kappa shape index (κ3) is 5.48. The van der Waals surface area contributed by atoms with Crippen LogP contribution in [-0.2, 0) is 4.74 Å². The Bertz CT molecular complexity index is 1960. The van der Waals surface area contributed by atoms with Crippen LogP contribution < -0.4 is 20.2 Å². The monoisotopic (exact) mass is 566 g/mol. The molecule has 6 rings (SSSR count). The maximum absolute atomic E-state index is 15.3. The van der Waals surface area contributed by atoms with Crippen molar-refractivity contribution in [3.05, 3.63) is 113 Å². The first-order valence-corrected chi connectivity index (χ1v) is 13.0. The van der Waals surface area contributed by atoms with Gasteiger partial charge in [0.05, 0.1) is 23.0 Å². The normalized spacial score (nSPS) is 11.1. The first kappa shape index (κ1) is 26.9. The molecule has 0 aliphatic heterocycles. The molecule has 0 amide bonds. The Labute approximate surface area is 238 Å². The number of aromatic amines is 1. The number of hydrogen-bond donors (Lipinski definition) is 2. The highest BCUT2D eigenvalue weighted by Gasteiger charge is 2.15. The number of halogens is 2. The number of ether oxygens (including phenoxy) is 3. The summed E-state index contributed by atoms with van der Waals surface area (Å²) in [5, 5.41) is 4.02. The van der Waals surface area contributed by atoms with Gasteiger partial charge >= 0.3 is 0 Å². The SMILES string of the molecule is COCCOc1ccc2c(Oc3ccc(Nc4nccc5[nH]cc(-c6ccc(F)cc6)c(=O)c45)cc3F)ccnc2c1. The average Bonchev–Trinajstić information content (AvgIpc) is 2.99. The predicted octanol–water partition coefficient (Wildman–Crippen LogP) is 6.98. The molecule has 0 saturated heterocycles. The summed E-state index contributed by atoms with van der Waals surface area (Å²) in [5.41, 5.74) is 2.15. The molecule has 3 aromatic carbocycles. The lowest BCUT2D eigenvalue weighted by atomic mass is 10.0. The van der Waals surface area contributed by atoms with E-state index in [0.717, 1.165) is 0 Å². The zero-order valence-corrected chi connectivity index (χ0v) is 22.4. The zero-order chi connectivity index (χ0) is 29.1. The van der Waals surface area contributed by atoms with Gasteiger partial charge in [-0.25, -0.2) is 13.8 Å². The van der Waals surface area contributed by atoms with E-state index in [1.807, 2.05) is 0 Å². The largest absolute Gasteiger partial charge is 0.491 e. The fraction of sp³-hybridized carbons (Fsp3) is 0.0938. The highest BCUT2D eigenvalue weighted by molar-refractivity contribution is 5.93. The van der Waals surface area contributed by atoms with E-state index in [4.69, 9.17) is 14.2 Å². The van der Waals surface area contributed by atoms with Gasteiger partial charge in [-0.15, -0.1) is 0 Å². The van der Waals surface area contributed by atoms with Crippen LogP contribution in [0.1, 0.15) is 0 Å². The lowest BCUT2D eigenvalue weighted by Gasteiger charge is -2.13. The summed E-state index contributed by atoms with van der Waals surface area (Å²) in [7, 11) is 1.60. The summed E-state index contributed by atoms with van der Waals surface area (Å²) in [6.07, 6.45) is 4.69. The standard InChI is InChI=1S/C32H24F2N4O4/c1-40-14-15-41-22-7-8-23-27(17-22)35-13-11-28(23)42-29-9-6-21(16-25(29)34)38-32-30-26(10-12-36-32)37-18-24(31(30)39)19-2-4-20(33)5-3-19/h2-13,16-18H,14-15H2,1H3,(H,36,38)(H,37,39). The molecule has 0 unspecified atom stereocenters. The minimum Gasteiger partial charge on any atom is -0.491 e. The van der Waals surface area contributed by atoms with Crippen molar-refractivity contribution in [3.63, 3.8) is 0 Å². The molecule has 6 aromatic rings. The van der Waals surface area contributed by atoms with Crippen LogP contribution in [-0.4, -0.2) is 35.3 Å². The number of aromatic nitrogens is 3. The zero-order valence-electron chi connectivity index (χ0n) is 22.4. The van der Waals surface area contributed by atoms with Crippen LogP contribution in [0, 0.1) is 11.6 Å². The van der Waals surface area contributed by atoms with Crippen LogP contribution >= 0.6 is 0 Å². The highest BCUT2D eigenvalue weighted by Crippen LogP contribution is 2.33. The topological polar surface area (TPSA) is 98.4 Å². The summed E-state index contributed by atoms with van der Waals surface area (Å²) in [6.45, 7) is 0.866. The number of benzene rings is 3. The van der Waals surface area contributed by atoms with Crippen molar-refractivity contribution in [1.82, 2.24) is 15.0 Å². The maximum Gasteiger partial charge on any atom is 0.200 e. The molecule has 2 N–H and O–H groups in total. The van der Waals surface area contributed by atoms with Crippen LogP contribution in [0.3, 0.4) is 0 Å².